The van der Waals surface area contributed by atoms with E-state index in [0.29, 0.717) is 0 Å². The van der Waals surface area contributed by atoms with E-state index in [9.17, 15) is 0 Å². The average Bonchev–Trinajstić information content (AvgIpc) is 2.10. The molecular weight excluding hydrogens is 146 g/mol. The third-order valence-corrected chi connectivity index (χ3v) is 1.76. The second-order valence-electron chi connectivity index (χ2n) is 2.85. The van der Waals surface area contributed by atoms with Crippen LogP contribution in [0, 0.1) is 11.3 Å². The number of unbranched alkanes of at least 4 members (excludes halogenated alkanes) is 3. The van der Waals surface area contributed by atoms with Gasteiger partial charge in [0.05, 0.1) is 6.07 Å². The van der Waals surface area contributed by atoms with Gasteiger partial charge in [0.25, 0.3) is 0 Å². The van der Waals surface area contributed by atoms with Crippen molar-refractivity contribution in [1.82, 2.24) is 0 Å². The van der Waals surface area contributed by atoms with Crippen molar-refractivity contribution in [3.05, 3.63) is 24.3 Å². The second-order valence-corrected chi connectivity index (χ2v) is 2.85. The zero-order valence-electron chi connectivity index (χ0n) is 7.84. The summed E-state index contributed by atoms with van der Waals surface area (Å²) in [6.07, 6.45) is 9.25. The van der Waals surface area contributed by atoms with E-state index in [1.165, 1.54) is 19.3 Å². The molecule has 0 aliphatic heterocycles. The standard InChI is InChI=1S/C11H17N/c1-3-5-6-7-9-11(10-12)8-4-2/h4,8H,2-3,5-7,9H2,1H3/b11-8-. The first-order valence-corrected chi connectivity index (χ1v) is 4.56. The minimum atomic E-state index is 0.848. The number of hydrogen-bond donors (Lipinski definition) is 0. The largest absolute Gasteiger partial charge is 0.193 e. The van der Waals surface area contributed by atoms with Crippen LogP contribution < -0.4 is 0 Å². The smallest absolute Gasteiger partial charge is 0.0947 e. The molecule has 0 spiro atoms. The Bertz CT molecular complexity index is 184. The maximum absolute atomic E-state index is 8.65. The molecule has 0 aromatic heterocycles. The van der Waals surface area contributed by atoms with Gasteiger partial charge in [0, 0.05) is 5.57 Å². The first-order valence-electron chi connectivity index (χ1n) is 4.56. The molecule has 0 amide bonds. The normalized spacial score (nSPS) is 10.8. The monoisotopic (exact) mass is 163 g/mol. The van der Waals surface area contributed by atoms with Crippen molar-refractivity contribution in [2.24, 2.45) is 0 Å². The Labute approximate surface area is 75.4 Å². The maximum atomic E-state index is 8.65. The van der Waals surface area contributed by atoms with E-state index in [-0.39, 0.29) is 0 Å². The van der Waals surface area contributed by atoms with E-state index in [0.717, 1.165) is 18.4 Å². The van der Waals surface area contributed by atoms with Crippen LogP contribution in [-0.2, 0) is 0 Å². The van der Waals surface area contributed by atoms with Crippen LogP contribution in [0.25, 0.3) is 0 Å². The molecule has 0 aliphatic rings. The van der Waals surface area contributed by atoms with Crippen molar-refractivity contribution in [2.75, 3.05) is 0 Å². The number of nitriles is 1. The van der Waals surface area contributed by atoms with Gasteiger partial charge in [-0.2, -0.15) is 5.26 Å². The number of allylic oxidation sites excluding steroid dienone is 3. The molecule has 1 heteroatoms. The Morgan fingerprint density at radius 2 is 2.17 bits per heavy atom. The number of hydrogen-bond acceptors (Lipinski definition) is 1. The van der Waals surface area contributed by atoms with Crippen molar-refractivity contribution in [3.63, 3.8) is 0 Å². The van der Waals surface area contributed by atoms with E-state index in [4.69, 9.17) is 5.26 Å². The molecular formula is C11H17N. The molecule has 0 saturated carbocycles. The van der Waals surface area contributed by atoms with Gasteiger partial charge in [-0.15, -0.1) is 0 Å². The molecule has 0 N–H and O–H groups in total. The first kappa shape index (κ1) is 11.0. The van der Waals surface area contributed by atoms with Gasteiger partial charge in [0.1, 0.15) is 0 Å². The molecule has 0 aromatic carbocycles. The highest BCUT2D eigenvalue weighted by Gasteiger charge is 1.93. The first-order chi connectivity index (χ1) is 5.85. The highest BCUT2D eigenvalue weighted by molar-refractivity contribution is 5.24. The van der Waals surface area contributed by atoms with Crippen molar-refractivity contribution >= 4 is 0 Å². The van der Waals surface area contributed by atoms with Crippen LogP contribution in [0.2, 0.25) is 0 Å². The van der Waals surface area contributed by atoms with Crippen molar-refractivity contribution < 1.29 is 0 Å². The summed E-state index contributed by atoms with van der Waals surface area (Å²) in [5, 5.41) is 8.65. The SMILES string of the molecule is C=C/C=C(\C#N)CCCCCC. The zero-order chi connectivity index (χ0) is 9.23. The Morgan fingerprint density at radius 3 is 2.67 bits per heavy atom. The average molecular weight is 163 g/mol. The van der Waals surface area contributed by atoms with Crippen LogP contribution in [0.5, 0.6) is 0 Å². The lowest BCUT2D eigenvalue weighted by atomic mass is 10.1. The third kappa shape index (κ3) is 5.73. The van der Waals surface area contributed by atoms with Crippen LogP contribution in [0.15, 0.2) is 24.3 Å². The molecule has 0 radical (unpaired) electrons. The van der Waals surface area contributed by atoms with Gasteiger partial charge in [-0.1, -0.05) is 38.8 Å². The van der Waals surface area contributed by atoms with Gasteiger partial charge in [-0.05, 0) is 18.9 Å². The molecule has 0 heterocycles. The minimum absolute atomic E-state index is 0.848. The molecule has 1 nitrogen and oxygen atoms in total. The van der Waals surface area contributed by atoms with Crippen LogP contribution in [0.3, 0.4) is 0 Å². The van der Waals surface area contributed by atoms with Crippen LogP contribution >= 0.6 is 0 Å². The Kier molecular flexibility index (Phi) is 7.38. The predicted molar refractivity (Wildman–Crippen MR) is 52.7 cm³/mol. The molecule has 0 aliphatic carbocycles. The summed E-state index contributed by atoms with van der Waals surface area (Å²) in [6.45, 7) is 5.75. The van der Waals surface area contributed by atoms with E-state index in [1.807, 2.05) is 0 Å². The lowest BCUT2D eigenvalue weighted by Crippen LogP contribution is -1.80. The highest BCUT2D eigenvalue weighted by atomic mass is 14.2. The van der Waals surface area contributed by atoms with Crippen LogP contribution in [0.4, 0.5) is 0 Å². The Hall–Kier alpha value is -1.03. The topological polar surface area (TPSA) is 23.8 Å². The third-order valence-electron chi connectivity index (χ3n) is 1.76. The van der Waals surface area contributed by atoms with Gasteiger partial charge >= 0.3 is 0 Å². The molecule has 0 bridgehead atoms. The molecule has 12 heavy (non-hydrogen) atoms. The minimum Gasteiger partial charge on any atom is -0.193 e. The van der Waals surface area contributed by atoms with Crippen LogP contribution in [-0.4, -0.2) is 0 Å². The lowest BCUT2D eigenvalue weighted by molar-refractivity contribution is 0.669. The summed E-state index contributed by atoms with van der Waals surface area (Å²) in [5.74, 6) is 0. The molecule has 0 fully saturated rings. The summed E-state index contributed by atoms with van der Waals surface area (Å²) >= 11 is 0. The van der Waals surface area contributed by atoms with Crippen molar-refractivity contribution in [1.29, 1.82) is 5.26 Å². The Morgan fingerprint density at radius 1 is 1.42 bits per heavy atom. The highest BCUT2D eigenvalue weighted by Crippen LogP contribution is 2.09. The molecule has 0 aromatic rings. The fraction of sp³-hybridized carbons (Fsp3) is 0.545. The number of rotatable bonds is 6. The lowest BCUT2D eigenvalue weighted by Gasteiger charge is -1.96. The summed E-state index contributed by atoms with van der Waals surface area (Å²) in [7, 11) is 0. The van der Waals surface area contributed by atoms with Crippen LogP contribution in [0.1, 0.15) is 39.0 Å². The molecule has 0 saturated heterocycles. The van der Waals surface area contributed by atoms with Gasteiger partial charge in [-0.3, -0.25) is 0 Å². The van der Waals surface area contributed by atoms with E-state index in [2.05, 4.69) is 19.6 Å². The fourth-order valence-corrected chi connectivity index (χ4v) is 1.06. The molecule has 0 unspecified atom stereocenters. The van der Waals surface area contributed by atoms with Crippen molar-refractivity contribution in [3.8, 4) is 6.07 Å². The van der Waals surface area contributed by atoms with Gasteiger partial charge in [-0.25, -0.2) is 0 Å². The maximum Gasteiger partial charge on any atom is 0.0947 e. The fourth-order valence-electron chi connectivity index (χ4n) is 1.06. The molecule has 0 atom stereocenters. The molecule has 66 valence electrons. The second kappa shape index (κ2) is 8.07. The summed E-state index contributed by atoms with van der Waals surface area (Å²) in [5.41, 5.74) is 0.848. The van der Waals surface area contributed by atoms with Crippen molar-refractivity contribution in [2.45, 2.75) is 39.0 Å². The summed E-state index contributed by atoms with van der Waals surface area (Å²) in [6, 6.07) is 2.17. The summed E-state index contributed by atoms with van der Waals surface area (Å²) < 4.78 is 0. The Balaban J connectivity index is 3.54. The van der Waals surface area contributed by atoms with E-state index in [1.54, 1.807) is 12.2 Å². The quantitative estimate of drug-likeness (QED) is 0.333. The number of nitrogens with zero attached hydrogens (tertiary/aromatic N) is 1. The van der Waals surface area contributed by atoms with E-state index < -0.39 is 0 Å². The van der Waals surface area contributed by atoms with Gasteiger partial charge < -0.3 is 0 Å². The van der Waals surface area contributed by atoms with Gasteiger partial charge in [0.15, 0.2) is 0 Å². The predicted octanol–water partition coefficient (Wildman–Crippen LogP) is 3.59. The van der Waals surface area contributed by atoms with E-state index >= 15 is 0 Å². The zero-order valence-corrected chi connectivity index (χ0v) is 7.84. The summed E-state index contributed by atoms with van der Waals surface area (Å²) in [4.78, 5) is 0. The molecule has 0 rings (SSSR count). The van der Waals surface area contributed by atoms with Gasteiger partial charge in [0.2, 0.25) is 0 Å².